The van der Waals surface area contributed by atoms with Gasteiger partial charge >= 0.3 is 6.36 Å². The van der Waals surface area contributed by atoms with Crippen LogP contribution in [0, 0.1) is 0 Å². The zero-order chi connectivity index (χ0) is 17.3. The van der Waals surface area contributed by atoms with Gasteiger partial charge in [0.2, 0.25) is 0 Å². The second-order valence-electron chi connectivity index (χ2n) is 5.67. The first-order valence-electron chi connectivity index (χ1n) is 7.74. The maximum atomic E-state index is 12.3. The lowest BCUT2D eigenvalue weighted by molar-refractivity contribution is -0.274. The highest BCUT2D eigenvalue weighted by Gasteiger charge is 2.31. The smallest absolute Gasteiger partial charge is 0.406 e. The minimum Gasteiger partial charge on any atom is -0.406 e. The molecule has 0 saturated carbocycles. The molecule has 2 heterocycles. The number of fused-ring (bicyclic) bond motifs is 1. The largest absolute Gasteiger partial charge is 0.573 e. The van der Waals surface area contributed by atoms with Gasteiger partial charge in [0.25, 0.3) is 5.91 Å². The summed E-state index contributed by atoms with van der Waals surface area (Å²) >= 11 is 0. The molecule has 4 nitrogen and oxygen atoms in total. The molecule has 1 aromatic carbocycles. The molecule has 2 aromatic rings. The SMILES string of the molecule is CCCCN1Cn2c(ccc2-c2ccc(OC(F)(F)F)cc2)C1=O. The number of ether oxygens (including phenoxy) is 1. The Kier molecular flexibility index (Phi) is 4.26. The molecule has 3 rings (SSSR count). The van der Waals surface area contributed by atoms with Crippen LogP contribution in [0.25, 0.3) is 11.3 Å². The van der Waals surface area contributed by atoms with Gasteiger partial charge in [0.05, 0.1) is 12.4 Å². The van der Waals surface area contributed by atoms with E-state index in [9.17, 15) is 18.0 Å². The van der Waals surface area contributed by atoms with Crippen LogP contribution < -0.4 is 4.74 Å². The van der Waals surface area contributed by atoms with Crippen molar-refractivity contribution in [1.82, 2.24) is 9.47 Å². The van der Waals surface area contributed by atoms with Crippen LogP contribution in [0.2, 0.25) is 0 Å². The van der Waals surface area contributed by atoms with E-state index in [-0.39, 0.29) is 11.7 Å². The Balaban J connectivity index is 1.81. The number of benzene rings is 1. The number of alkyl halides is 3. The number of hydrogen-bond donors (Lipinski definition) is 0. The molecule has 1 aromatic heterocycles. The molecule has 128 valence electrons. The van der Waals surface area contributed by atoms with Crippen molar-refractivity contribution < 1.29 is 22.7 Å². The van der Waals surface area contributed by atoms with Gasteiger partial charge in [0.15, 0.2) is 0 Å². The van der Waals surface area contributed by atoms with Gasteiger partial charge in [-0.2, -0.15) is 0 Å². The Morgan fingerprint density at radius 1 is 1.08 bits per heavy atom. The Morgan fingerprint density at radius 3 is 2.38 bits per heavy atom. The summed E-state index contributed by atoms with van der Waals surface area (Å²) < 4.78 is 42.4. The number of nitrogens with zero attached hydrogens (tertiary/aromatic N) is 2. The predicted molar refractivity (Wildman–Crippen MR) is 82.5 cm³/mol. The van der Waals surface area contributed by atoms with E-state index in [1.165, 1.54) is 12.1 Å². The van der Waals surface area contributed by atoms with E-state index in [1.807, 2.05) is 10.6 Å². The summed E-state index contributed by atoms with van der Waals surface area (Å²) in [5.74, 6) is -0.271. The van der Waals surface area contributed by atoms with Crippen LogP contribution in [0.3, 0.4) is 0 Å². The fraction of sp³-hybridized carbons (Fsp3) is 0.353. The van der Waals surface area contributed by atoms with Crippen LogP contribution >= 0.6 is 0 Å². The Bertz CT molecular complexity index is 735. The zero-order valence-electron chi connectivity index (χ0n) is 13.1. The van der Waals surface area contributed by atoms with E-state index in [1.54, 1.807) is 23.1 Å². The Hall–Kier alpha value is -2.44. The summed E-state index contributed by atoms with van der Waals surface area (Å²) in [4.78, 5) is 14.1. The van der Waals surface area contributed by atoms with E-state index < -0.39 is 6.36 Å². The number of amides is 1. The molecule has 24 heavy (non-hydrogen) atoms. The van der Waals surface area contributed by atoms with Crippen LogP contribution in [0.4, 0.5) is 13.2 Å². The molecule has 0 unspecified atom stereocenters. The molecule has 0 saturated heterocycles. The third kappa shape index (κ3) is 3.25. The van der Waals surface area contributed by atoms with Gasteiger partial charge in [-0.25, -0.2) is 0 Å². The molecule has 0 aliphatic carbocycles. The quantitative estimate of drug-likeness (QED) is 0.816. The summed E-state index contributed by atoms with van der Waals surface area (Å²) in [6, 6.07) is 9.22. The van der Waals surface area contributed by atoms with Crippen molar-refractivity contribution in [3.05, 3.63) is 42.1 Å². The van der Waals surface area contributed by atoms with E-state index in [0.29, 0.717) is 18.9 Å². The standard InChI is InChI=1S/C17H17F3N2O2/c1-2-3-10-21-11-22-14(8-9-15(22)16(21)23)12-4-6-13(7-5-12)24-17(18,19)20/h4-9H,2-3,10-11H2,1H3. The maximum absolute atomic E-state index is 12.3. The van der Waals surface area contributed by atoms with Crippen molar-refractivity contribution in [2.75, 3.05) is 6.54 Å². The van der Waals surface area contributed by atoms with Crippen LogP contribution in [0.1, 0.15) is 30.3 Å². The van der Waals surface area contributed by atoms with Crippen molar-refractivity contribution in [2.24, 2.45) is 0 Å². The number of hydrogen-bond acceptors (Lipinski definition) is 2. The van der Waals surface area contributed by atoms with Crippen LogP contribution in [0.15, 0.2) is 36.4 Å². The number of carbonyl (C=O) groups excluding carboxylic acids is 1. The van der Waals surface area contributed by atoms with Gasteiger partial charge in [-0.15, -0.1) is 13.2 Å². The molecule has 0 spiro atoms. The van der Waals surface area contributed by atoms with Gasteiger partial charge in [0.1, 0.15) is 11.4 Å². The molecule has 0 radical (unpaired) electrons. The molecule has 1 aliphatic heterocycles. The number of aromatic nitrogens is 1. The van der Waals surface area contributed by atoms with Gasteiger partial charge in [-0.1, -0.05) is 13.3 Å². The second kappa shape index (κ2) is 6.22. The van der Waals surface area contributed by atoms with Crippen molar-refractivity contribution in [3.63, 3.8) is 0 Å². The highest BCUT2D eigenvalue weighted by atomic mass is 19.4. The molecule has 1 amide bonds. The Labute approximate surface area is 137 Å². The molecular formula is C17H17F3N2O2. The third-order valence-corrected chi connectivity index (χ3v) is 3.96. The molecule has 7 heteroatoms. The average Bonchev–Trinajstić information content (AvgIpc) is 3.05. The van der Waals surface area contributed by atoms with Crippen molar-refractivity contribution in [1.29, 1.82) is 0 Å². The van der Waals surface area contributed by atoms with Crippen molar-refractivity contribution >= 4 is 5.91 Å². The van der Waals surface area contributed by atoms with Crippen molar-refractivity contribution in [3.8, 4) is 17.0 Å². The van der Waals surface area contributed by atoms with E-state index in [4.69, 9.17) is 0 Å². The molecule has 0 fully saturated rings. The van der Waals surface area contributed by atoms with Crippen LogP contribution in [-0.2, 0) is 6.67 Å². The first-order chi connectivity index (χ1) is 11.4. The minimum absolute atomic E-state index is 0.00766. The lowest BCUT2D eigenvalue weighted by atomic mass is 10.1. The summed E-state index contributed by atoms with van der Waals surface area (Å²) in [6.07, 6.45) is -2.76. The van der Waals surface area contributed by atoms with E-state index >= 15 is 0 Å². The maximum Gasteiger partial charge on any atom is 0.573 e. The molecular weight excluding hydrogens is 321 g/mol. The molecule has 1 aliphatic rings. The Morgan fingerprint density at radius 2 is 1.75 bits per heavy atom. The fourth-order valence-electron chi connectivity index (χ4n) is 2.80. The third-order valence-electron chi connectivity index (χ3n) is 3.96. The molecule has 0 atom stereocenters. The van der Waals surface area contributed by atoms with E-state index in [2.05, 4.69) is 11.7 Å². The monoisotopic (exact) mass is 338 g/mol. The van der Waals surface area contributed by atoms with Crippen LogP contribution in [-0.4, -0.2) is 28.3 Å². The van der Waals surface area contributed by atoms with E-state index in [0.717, 1.165) is 24.1 Å². The minimum atomic E-state index is -4.70. The number of rotatable bonds is 5. The van der Waals surface area contributed by atoms with Gasteiger partial charge < -0.3 is 14.2 Å². The molecule has 0 bridgehead atoms. The first kappa shape index (κ1) is 16.4. The zero-order valence-corrected chi connectivity index (χ0v) is 13.1. The lowest BCUT2D eigenvalue weighted by Crippen LogP contribution is -2.25. The fourth-order valence-corrected chi connectivity index (χ4v) is 2.80. The number of carbonyl (C=O) groups is 1. The van der Waals surface area contributed by atoms with Gasteiger partial charge in [0, 0.05) is 6.54 Å². The lowest BCUT2D eigenvalue weighted by Gasteiger charge is -2.15. The molecule has 0 N–H and O–H groups in total. The first-order valence-corrected chi connectivity index (χ1v) is 7.74. The van der Waals surface area contributed by atoms with Crippen LogP contribution in [0.5, 0.6) is 5.75 Å². The highest BCUT2D eigenvalue weighted by molar-refractivity contribution is 5.95. The average molecular weight is 338 g/mol. The number of unbranched alkanes of at least 4 members (excludes halogenated alkanes) is 1. The summed E-state index contributed by atoms with van der Waals surface area (Å²) in [5.41, 5.74) is 2.15. The summed E-state index contributed by atoms with van der Waals surface area (Å²) in [6.45, 7) is 3.24. The van der Waals surface area contributed by atoms with Gasteiger partial charge in [-0.3, -0.25) is 4.79 Å². The summed E-state index contributed by atoms with van der Waals surface area (Å²) in [7, 11) is 0. The van der Waals surface area contributed by atoms with Gasteiger partial charge in [-0.05, 0) is 48.4 Å². The predicted octanol–water partition coefficient (Wildman–Crippen LogP) is 4.27. The topological polar surface area (TPSA) is 34.5 Å². The number of halogens is 3. The second-order valence-corrected chi connectivity index (χ2v) is 5.67. The normalized spacial score (nSPS) is 14.2. The highest BCUT2D eigenvalue weighted by Crippen LogP contribution is 2.30. The van der Waals surface area contributed by atoms with Crippen molar-refractivity contribution in [2.45, 2.75) is 32.8 Å². The summed E-state index contributed by atoms with van der Waals surface area (Å²) in [5, 5.41) is 0.